The molecule has 0 radical (unpaired) electrons. The van der Waals surface area contributed by atoms with Crippen LogP contribution in [0.5, 0.6) is 0 Å². The normalized spacial score (nSPS) is 36.7. The topological polar surface area (TPSA) is 8.88 Å². The van der Waals surface area contributed by atoms with Crippen LogP contribution in [0.2, 0.25) is 0 Å². The Hall–Kier alpha value is -0.0800. The predicted octanol–water partition coefficient (Wildman–Crippen LogP) is 0.435. The molecule has 0 spiro atoms. The van der Waals surface area contributed by atoms with E-state index in [1.807, 2.05) is 9.80 Å². The lowest BCUT2D eigenvalue weighted by atomic mass is 10.0. The first-order valence-electron chi connectivity index (χ1n) is 8.62. The van der Waals surface area contributed by atoms with Crippen molar-refractivity contribution in [1.82, 2.24) is 0 Å². The second kappa shape index (κ2) is 6.38. The fourth-order valence-electron chi connectivity index (χ4n) is 4.73. The summed E-state index contributed by atoms with van der Waals surface area (Å²) in [4.78, 5) is 3.94. The highest BCUT2D eigenvalue weighted by Crippen LogP contribution is 2.16. The standard InChI is InChI=1S/C16H30N2/c1-2-6-12-17(11-5-1)16-9-13-18(14-10-16)15-7-3-4-8-15/h15-16H,1-14H2/p+2. The third kappa shape index (κ3) is 3.08. The molecule has 0 unspecified atom stereocenters. The number of quaternary nitrogens is 2. The first-order chi connectivity index (χ1) is 8.93. The van der Waals surface area contributed by atoms with Gasteiger partial charge in [0.15, 0.2) is 0 Å². The fourth-order valence-corrected chi connectivity index (χ4v) is 4.73. The van der Waals surface area contributed by atoms with E-state index in [0.29, 0.717) is 0 Å². The largest absolute Gasteiger partial charge is 0.332 e. The Kier molecular flexibility index (Phi) is 4.58. The van der Waals surface area contributed by atoms with Gasteiger partial charge >= 0.3 is 0 Å². The summed E-state index contributed by atoms with van der Waals surface area (Å²) in [5.41, 5.74) is 0. The maximum absolute atomic E-state index is 1.97. The molecule has 2 aliphatic heterocycles. The van der Waals surface area contributed by atoms with Gasteiger partial charge in [0.05, 0.1) is 38.3 Å². The van der Waals surface area contributed by atoms with Crippen LogP contribution >= 0.6 is 0 Å². The van der Waals surface area contributed by atoms with E-state index in [9.17, 15) is 0 Å². The lowest BCUT2D eigenvalue weighted by Crippen LogP contribution is -3.22. The third-order valence-corrected chi connectivity index (χ3v) is 5.88. The number of piperidine rings is 1. The first kappa shape index (κ1) is 12.9. The Morgan fingerprint density at radius 3 is 1.56 bits per heavy atom. The minimum atomic E-state index is 1.02. The number of hydrogen-bond donors (Lipinski definition) is 2. The molecule has 0 aromatic heterocycles. The Bertz CT molecular complexity index is 231. The summed E-state index contributed by atoms with van der Waals surface area (Å²) < 4.78 is 0. The molecule has 3 aliphatic rings. The van der Waals surface area contributed by atoms with Crippen LogP contribution in [-0.4, -0.2) is 38.3 Å². The van der Waals surface area contributed by atoms with Gasteiger partial charge in [0.2, 0.25) is 0 Å². The molecule has 104 valence electrons. The molecule has 2 saturated heterocycles. The van der Waals surface area contributed by atoms with Crippen molar-refractivity contribution in [3.05, 3.63) is 0 Å². The molecule has 0 bridgehead atoms. The van der Waals surface area contributed by atoms with Gasteiger partial charge in [-0.1, -0.05) is 0 Å². The van der Waals surface area contributed by atoms with Crippen molar-refractivity contribution >= 4 is 0 Å². The average molecular weight is 252 g/mol. The summed E-state index contributed by atoms with van der Waals surface area (Å²) in [7, 11) is 0. The highest BCUT2D eigenvalue weighted by molar-refractivity contribution is 4.69. The van der Waals surface area contributed by atoms with Crippen molar-refractivity contribution in [2.24, 2.45) is 0 Å². The van der Waals surface area contributed by atoms with E-state index in [2.05, 4.69) is 0 Å². The monoisotopic (exact) mass is 252 g/mol. The highest BCUT2D eigenvalue weighted by atomic mass is 15.2. The van der Waals surface area contributed by atoms with Gasteiger partial charge < -0.3 is 9.80 Å². The van der Waals surface area contributed by atoms with E-state index in [0.717, 1.165) is 12.1 Å². The van der Waals surface area contributed by atoms with Crippen LogP contribution in [0.4, 0.5) is 0 Å². The lowest BCUT2D eigenvalue weighted by Gasteiger charge is -2.36. The van der Waals surface area contributed by atoms with Gasteiger partial charge in [-0.3, -0.25) is 0 Å². The lowest BCUT2D eigenvalue weighted by molar-refractivity contribution is -0.967. The summed E-state index contributed by atoms with van der Waals surface area (Å²) in [6, 6.07) is 2.07. The van der Waals surface area contributed by atoms with E-state index in [4.69, 9.17) is 0 Å². The van der Waals surface area contributed by atoms with Gasteiger partial charge in [-0.2, -0.15) is 0 Å². The van der Waals surface area contributed by atoms with Crippen molar-refractivity contribution in [3.8, 4) is 0 Å². The maximum atomic E-state index is 1.97. The first-order valence-corrected chi connectivity index (χ1v) is 8.62. The Morgan fingerprint density at radius 1 is 0.444 bits per heavy atom. The Morgan fingerprint density at radius 2 is 0.944 bits per heavy atom. The van der Waals surface area contributed by atoms with Crippen LogP contribution in [0.15, 0.2) is 0 Å². The van der Waals surface area contributed by atoms with Gasteiger partial charge in [0.25, 0.3) is 0 Å². The zero-order valence-corrected chi connectivity index (χ0v) is 12.1. The SMILES string of the molecule is C1CCC[NH+](C2CC[NH+](C3CCCC3)CC2)CC1. The predicted molar refractivity (Wildman–Crippen MR) is 75.1 cm³/mol. The Labute approximate surface area is 113 Å². The van der Waals surface area contributed by atoms with Crippen molar-refractivity contribution in [1.29, 1.82) is 0 Å². The molecule has 0 aromatic rings. The molecular formula is C16H32N2+2. The van der Waals surface area contributed by atoms with Crippen molar-refractivity contribution in [3.63, 3.8) is 0 Å². The van der Waals surface area contributed by atoms with Crippen molar-refractivity contribution < 1.29 is 9.80 Å². The minimum absolute atomic E-state index is 1.02. The van der Waals surface area contributed by atoms with E-state index in [1.165, 1.54) is 90.4 Å². The molecule has 2 nitrogen and oxygen atoms in total. The van der Waals surface area contributed by atoms with Crippen LogP contribution in [0.1, 0.15) is 64.2 Å². The van der Waals surface area contributed by atoms with Crippen LogP contribution in [0.3, 0.4) is 0 Å². The maximum Gasteiger partial charge on any atom is 0.0983 e. The summed E-state index contributed by atoms with van der Waals surface area (Å²) in [6.07, 6.45) is 15.1. The molecular weight excluding hydrogens is 220 g/mol. The molecule has 3 fully saturated rings. The molecule has 1 aliphatic carbocycles. The van der Waals surface area contributed by atoms with Crippen LogP contribution in [0.25, 0.3) is 0 Å². The van der Waals surface area contributed by atoms with Crippen LogP contribution in [0, 0.1) is 0 Å². The van der Waals surface area contributed by atoms with Crippen molar-refractivity contribution in [2.45, 2.75) is 76.3 Å². The smallest absolute Gasteiger partial charge is 0.0983 e. The van der Waals surface area contributed by atoms with Crippen molar-refractivity contribution in [2.75, 3.05) is 26.2 Å². The molecule has 2 heterocycles. The van der Waals surface area contributed by atoms with Gasteiger partial charge in [-0.25, -0.2) is 0 Å². The highest BCUT2D eigenvalue weighted by Gasteiger charge is 2.34. The summed E-state index contributed by atoms with van der Waals surface area (Å²) in [5, 5.41) is 0. The second-order valence-corrected chi connectivity index (χ2v) is 6.99. The van der Waals surface area contributed by atoms with E-state index >= 15 is 0 Å². The minimum Gasteiger partial charge on any atom is -0.332 e. The summed E-state index contributed by atoms with van der Waals surface area (Å²) in [6.45, 7) is 5.92. The van der Waals surface area contributed by atoms with Crippen LogP contribution in [-0.2, 0) is 0 Å². The zero-order valence-electron chi connectivity index (χ0n) is 12.1. The number of likely N-dealkylation sites (tertiary alicyclic amines) is 2. The summed E-state index contributed by atoms with van der Waals surface area (Å²) in [5.74, 6) is 0. The third-order valence-electron chi connectivity index (χ3n) is 5.88. The number of rotatable bonds is 2. The average Bonchev–Trinajstić information content (AvgIpc) is 2.82. The number of nitrogens with one attached hydrogen (secondary N) is 2. The quantitative estimate of drug-likeness (QED) is 0.705. The van der Waals surface area contributed by atoms with E-state index < -0.39 is 0 Å². The van der Waals surface area contributed by atoms with E-state index in [1.54, 1.807) is 0 Å². The molecule has 0 aromatic carbocycles. The number of hydrogen-bond acceptors (Lipinski definition) is 0. The van der Waals surface area contributed by atoms with Gasteiger partial charge in [-0.05, 0) is 51.4 Å². The molecule has 2 heteroatoms. The van der Waals surface area contributed by atoms with Gasteiger partial charge in [-0.15, -0.1) is 0 Å². The molecule has 18 heavy (non-hydrogen) atoms. The van der Waals surface area contributed by atoms with Crippen LogP contribution < -0.4 is 9.80 Å². The van der Waals surface area contributed by atoms with Gasteiger partial charge in [0.1, 0.15) is 0 Å². The molecule has 3 rings (SSSR count). The van der Waals surface area contributed by atoms with Gasteiger partial charge in [0, 0.05) is 12.8 Å². The van der Waals surface area contributed by atoms with E-state index in [-0.39, 0.29) is 0 Å². The Balaban J connectivity index is 1.46. The fraction of sp³-hybridized carbons (Fsp3) is 1.00. The zero-order chi connectivity index (χ0) is 12.2. The molecule has 2 N–H and O–H groups in total. The molecule has 0 amide bonds. The second-order valence-electron chi connectivity index (χ2n) is 6.99. The molecule has 1 saturated carbocycles. The molecule has 0 atom stereocenters. The summed E-state index contributed by atoms with van der Waals surface area (Å²) >= 11 is 0.